The summed E-state index contributed by atoms with van der Waals surface area (Å²) in [5, 5.41) is 17.1. The van der Waals surface area contributed by atoms with Crippen molar-refractivity contribution in [2.45, 2.75) is 12.8 Å². The average molecular weight is 171 g/mol. The number of aliphatic hydroxyl groups excluding tert-OH is 1. The lowest BCUT2D eigenvalue weighted by Gasteiger charge is -2.22. The summed E-state index contributed by atoms with van der Waals surface area (Å²) in [7, 11) is 0. The van der Waals surface area contributed by atoms with E-state index in [0.717, 1.165) is 0 Å². The predicted octanol–water partition coefficient (Wildman–Crippen LogP) is 0.729. The Balaban J connectivity index is 2.80. The molecule has 0 bridgehead atoms. The lowest BCUT2D eigenvalue weighted by Crippen LogP contribution is -2.40. The van der Waals surface area contributed by atoms with Crippen molar-refractivity contribution < 1.29 is 19.8 Å². The molecule has 0 atom stereocenters. The van der Waals surface area contributed by atoms with E-state index in [1.54, 1.807) is 0 Å². The fourth-order valence-corrected chi connectivity index (χ4v) is 1.11. The minimum atomic E-state index is -1.26. The zero-order valence-corrected chi connectivity index (χ0v) is 6.36. The van der Waals surface area contributed by atoms with Gasteiger partial charge in [-0.3, -0.25) is 4.79 Å². The first-order valence-electron chi connectivity index (χ1n) is 3.55. The Bertz CT molecular complexity index is 246. The van der Waals surface area contributed by atoms with Crippen LogP contribution < -0.4 is 0 Å². The van der Waals surface area contributed by atoms with Gasteiger partial charge in [-0.05, 0) is 12.8 Å². The number of carbonyl (C=O) groups is 2. The number of rotatable bonds is 0. The minimum absolute atomic E-state index is 0.156. The maximum absolute atomic E-state index is 11.1. The molecule has 1 rings (SSSR count). The lowest BCUT2D eigenvalue weighted by molar-refractivity contribution is -0.126. The number of carbonyl (C=O) groups excluding carboxylic acids is 1. The number of carboxylic acid groups (broad SMARTS) is 1. The minimum Gasteiger partial charge on any atom is -0.515 e. The molecule has 0 aliphatic carbocycles. The smallest absolute Gasteiger partial charge is 0.414 e. The summed E-state index contributed by atoms with van der Waals surface area (Å²) in [6.45, 7) is 0.214. The largest absolute Gasteiger partial charge is 0.515 e. The van der Waals surface area contributed by atoms with Gasteiger partial charge in [-0.15, -0.1) is 0 Å². The molecule has 1 saturated heterocycles. The van der Waals surface area contributed by atoms with Crippen molar-refractivity contribution in [2.24, 2.45) is 0 Å². The van der Waals surface area contributed by atoms with Gasteiger partial charge in [-0.2, -0.15) is 0 Å². The molecular formula is C7H9NO4. The lowest BCUT2D eigenvalue weighted by atomic mass is 10.1. The quantitative estimate of drug-likeness (QED) is 0.416. The molecule has 66 valence electrons. The molecular weight excluding hydrogens is 162 g/mol. The van der Waals surface area contributed by atoms with Gasteiger partial charge in [0, 0.05) is 6.54 Å². The Labute approximate surface area is 68.9 Å². The van der Waals surface area contributed by atoms with Crippen LogP contribution in [0.1, 0.15) is 12.8 Å². The fraction of sp³-hybridized carbons (Fsp3) is 0.429. The van der Waals surface area contributed by atoms with Crippen molar-refractivity contribution >= 4 is 12.0 Å². The van der Waals surface area contributed by atoms with Crippen molar-refractivity contribution in [1.29, 1.82) is 0 Å². The van der Waals surface area contributed by atoms with Gasteiger partial charge in [-0.25, -0.2) is 9.69 Å². The first-order valence-corrected chi connectivity index (χ1v) is 3.55. The first-order chi connectivity index (χ1) is 5.66. The number of hydrogen-bond donors (Lipinski definition) is 2. The normalized spacial score (nSPS) is 21.5. The summed E-state index contributed by atoms with van der Waals surface area (Å²) in [5.74, 6) is -0.615. The molecule has 1 fully saturated rings. The average Bonchev–Trinajstić information content (AvgIpc) is 2.04. The third kappa shape index (κ3) is 1.39. The van der Waals surface area contributed by atoms with E-state index in [9.17, 15) is 9.59 Å². The second-order valence-electron chi connectivity index (χ2n) is 2.50. The van der Waals surface area contributed by atoms with Gasteiger partial charge in [0.15, 0.2) is 0 Å². The summed E-state index contributed by atoms with van der Waals surface area (Å²) in [6.07, 6.45) is 0.431. The van der Waals surface area contributed by atoms with Gasteiger partial charge in [0.25, 0.3) is 5.91 Å². The third-order valence-corrected chi connectivity index (χ3v) is 1.73. The molecule has 0 aromatic heterocycles. The second-order valence-corrected chi connectivity index (χ2v) is 2.50. The number of aliphatic hydroxyl groups is 1. The molecule has 2 N–H and O–H groups in total. The van der Waals surface area contributed by atoms with Crippen LogP contribution in [0.25, 0.3) is 0 Å². The number of nitrogens with zero attached hydrogens (tertiary/aromatic N) is 1. The third-order valence-electron chi connectivity index (χ3n) is 1.73. The van der Waals surface area contributed by atoms with Crippen molar-refractivity contribution in [3.05, 3.63) is 11.8 Å². The van der Waals surface area contributed by atoms with Gasteiger partial charge in [-0.1, -0.05) is 0 Å². The molecule has 0 aromatic rings. The van der Waals surface area contributed by atoms with Gasteiger partial charge in [0.1, 0.15) is 0 Å². The Hall–Kier alpha value is -1.52. The highest BCUT2D eigenvalue weighted by atomic mass is 16.4. The van der Waals surface area contributed by atoms with Crippen LogP contribution in [0, 0.1) is 0 Å². The van der Waals surface area contributed by atoms with Crippen molar-refractivity contribution in [2.75, 3.05) is 6.54 Å². The van der Waals surface area contributed by atoms with Crippen LogP contribution in [0.3, 0.4) is 0 Å². The highest BCUT2D eigenvalue weighted by Gasteiger charge is 2.27. The van der Waals surface area contributed by atoms with Crippen LogP contribution in [0.4, 0.5) is 4.79 Å². The molecule has 1 heterocycles. The number of hydrogen-bond acceptors (Lipinski definition) is 3. The van der Waals surface area contributed by atoms with Crippen LogP contribution in [0.2, 0.25) is 0 Å². The van der Waals surface area contributed by atoms with E-state index in [4.69, 9.17) is 10.2 Å². The summed E-state index contributed by atoms with van der Waals surface area (Å²) in [4.78, 5) is 22.2. The van der Waals surface area contributed by atoms with E-state index >= 15 is 0 Å². The molecule has 1 aliphatic rings. The Morgan fingerprint density at radius 3 is 2.75 bits per heavy atom. The van der Waals surface area contributed by atoms with Crippen molar-refractivity contribution in [3.63, 3.8) is 0 Å². The van der Waals surface area contributed by atoms with Crippen LogP contribution in [0.5, 0.6) is 0 Å². The highest BCUT2D eigenvalue weighted by Crippen LogP contribution is 2.16. The molecule has 0 aromatic carbocycles. The summed E-state index contributed by atoms with van der Waals surface area (Å²) < 4.78 is 0. The molecule has 0 unspecified atom stereocenters. The van der Waals surface area contributed by atoms with Crippen LogP contribution >= 0.6 is 0 Å². The van der Waals surface area contributed by atoms with E-state index in [1.807, 2.05) is 0 Å². The maximum Gasteiger partial charge on any atom is 0.414 e. The molecule has 5 nitrogen and oxygen atoms in total. The summed E-state index contributed by atoms with van der Waals surface area (Å²) in [5.41, 5.74) is 0.156. The fourth-order valence-electron chi connectivity index (χ4n) is 1.11. The van der Waals surface area contributed by atoms with E-state index in [-0.39, 0.29) is 12.1 Å². The summed E-state index contributed by atoms with van der Waals surface area (Å²) >= 11 is 0. The molecule has 0 radical (unpaired) electrons. The van der Waals surface area contributed by atoms with E-state index in [1.165, 1.54) is 0 Å². The molecule has 1 aliphatic heterocycles. The zero-order chi connectivity index (χ0) is 9.14. The number of imide groups is 1. The molecule has 2 amide bonds. The first kappa shape index (κ1) is 8.58. The molecule has 0 saturated carbocycles. The van der Waals surface area contributed by atoms with Crippen LogP contribution in [-0.2, 0) is 4.79 Å². The Morgan fingerprint density at radius 2 is 2.25 bits per heavy atom. The predicted molar refractivity (Wildman–Crippen MR) is 39.7 cm³/mol. The standard InChI is InChI=1S/C7H9NO4/c9-4-5-2-1-3-8(6(5)10)7(11)12/h4,9H,1-3H2,(H,11,12)/b5-4+. The number of piperidine rings is 1. The van der Waals surface area contributed by atoms with Gasteiger partial charge in [0.2, 0.25) is 0 Å². The van der Waals surface area contributed by atoms with Crippen molar-refractivity contribution in [1.82, 2.24) is 4.90 Å². The molecule has 12 heavy (non-hydrogen) atoms. The second kappa shape index (κ2) is 3.25. The van der Waals surface area contributed by atoms with Gasteiger partial charge >= 0.3 is 6.09 Å². The van der Waals surface area contributed by atoms with E-state index in [0.29, 0.717) is 24.0 Å². The zero-order valence-electron chi connectivity index (χ0n) is 6.36. The molecule has 5 heteroatoms. The Kier molecular flexibility index (Phi) is 2.32. The van der Waals surface area contributed by atoms with Crippen LogP contribution in [-0.4, -0.2) is 33.7 Å². The van der Waals surface area contributed by atoms with Gasteiger partial charge in [0.05, 0.1) is 11.8 Å². The highest BCUT2D eigenvalue weighted by molar-refractivity contribution is 6.02. The monoisotopic (exact) mass is 171 g/mol. The van der Waals surface area contributed by atoms with E-state index < -0.39 is 12.0 Å². The maximum atomic E-state index is 11.1. The Morgan fingerprint density at radius 1 is 1.58 bits per heavy atom. The van der Waals surface area contributed by atoms with Crippen LogP contribution in [0.15, 0.2) is 11.8 Å². The summed E-state index contributed by atoms with van der Waals surface area (Å²) in [6, 6.07) is 0. The topological polar surface area (TPSA) is 77.8 Å². The molecule has 0 spiro atoms. The number of likely N-dealkylation sites (tertiary alicyclic amines) is 1. The van der Waals surface area contributed by atoms with E-state index in [2.05, 4.69) is 0 Å². The van der Waals surface area contributed by atoms with Gasteiger partial charge < -0.3 is 10.2 Å². The van der Waals surface area contributed by atoms with Crippen molar-refractivity contribution in [3.8, 4) is 0 Å². The SMILES string of the molecule is O=C(O)N1CCC/C(=C\O)C1=O. The number of amides is 2.